The van der Waals surface area contributed by atoms with Gasteiger partial charge in [0.1, 0.15) is 12.3 Å². The van der Waals surface area contributed by atoms with Crippen LogP contribution in [0.2, 0.25) is 0 Å². The molecule has 1 heterocycles. The number of hydrogen-bond acceptors (Lipinski definition) is 4. The minimum Gasteiger partial charge on any atom is -0.480 e. The van der Waals surface area contributed by atoms with Gasteiger partial charge in [0.2, 0.25) is 0 Å². The van der Waals surface area contributed by atoms with Crippen molar-refractivity contribution in [1.82, 2.24) is 5.32 Å². The number of hydrogen-bond donors (Lipinski definition) is 2. The number of benzene rings is 1. The topological polar surface area (TPSA) is 78.9 Å². The molecule has 1 unspecified atom stereocenters. The van der Waals surface area contributed by atoms with Crippen LogP contribution in [0.15, 0.2) is 18.2 Å². The maximum atomic E-state index is 11.7. The number of carboxylic acids is 1. The molecule has 1 aromatic rings. The van der Waals surface area contributed by atoms with Crippen LogP contribution < -0.4 is 15.0 Å². The van der Waals surface area contributed by atoms with Crippen molar-refractivity contribution in [3.05, 3.63) is 23.8 Å². The highest BCUT2D eigenvalue weighted by molar-refractivity contribution is 5.84. The molecule has 0 radical (unpaired) electrons. The van der Waals surface area contributed by atoms with Gasteiger partial charge in [-0.25, -0.2) is 0 Å². The SMILES string of the molecule is CNC(=O)C1CN(CC(=O)O)c2cc(C)ccc2O1. The molecule has 2 rings (SSSR count). The van der Waals surface area contributed by atoms with Crippen LogP contribution >= 0.6 is 0 Å². The van der Waals surface area contributed by atoms with Crippen molar-refractivity contribution < 1.29 is 19.4 Å². The van der Waals surface area contributed by atoms with E-state index in [0.717, 1.165) is 5.56 Å². The van der Waals surface area contributed by atoms with E-state index in [1.807, 2.05) is 19.1 Å². The molecule has 2 N–H and O–H groups in total. The fourth-order valence-corrected chi connectivity index (χ4v) is 2.07. The van der Waals surface area contributed by atoms with Gasteiger partial charge in [-0.3, -0.25) is 9.59 Å². The van der Waals surface area contributed by atoms with Crippen LogP contribution in [0.5, 0.6) is 5.75 Å². The van der Waals surface area contributed by atoms with Crippen molar-refractivity contribution in [2.45, 2.75) is 13.0 Å². The van der Waals surface area contributed by atoms with Crippen molar-refractivity contribution >= 4 is 17.6 Å². The first-order valence-electron chi connectivity index (χ1n) is 5.97. The number of rotatable bonds is 3. The van der Waals surface area contributed by atoms with Crippen LogP contribution in [0.3, 0.4) is 0 Å². The van der Waals surface area contributed by atoms with Gasteiger partial charge >= 0.3 is 5.97 Å². The van der Waals surface area contributed by atoms with Crippen LogP contribution in [0.25, 0.3) is 0 Å². The van der Waals surface area contributed by atoms with Gasteiger partial charge in [-0.1, -0.05) is 6.07 Å². The molecule has 1 aliphatic rings. The van der Waals surface area contributed by atoms with Gasteiger partial charge in [-0.15, -0.1) is 0 Å². The molecule has 0 bridgehead atoms. The number of aliphatic carboxylic acids is 1. The fourth-order valence-electron chi connectivity index (χ4n) is 2.07. The molecule has 6 nitrogen and oxygen atoms in total. The number of anilines is 1. The second-order valence-electron chi connectivity index (χ2n) is 4.47. The van der Waals surface area contributed by atoms with Crippen molar-refractivity contribution in [2.75, 3.05) is 25.0 Å². The van der Waals surface area contributed by atoms with Gasteiger partial charge in [-0.2, -0.15) is 0 Å². The second kappa shape index (κ2) is 5.17. The van der Waals surface area contributed by atoms with Crippen LogP contribution in [0.1, 0.15) is 5.56 Å². The highest BCUT2D eigenvalue weighted by Crippen LogP contribution is 2.34. The molecule has 0 saturated carbocycles. The minimum absolute atomic E-state index is 0.159. The Balaban J connectivity index is 2.34. The number of carboxylic acid groups (broad SMARTS) is 1. The zero-order chi connectivity index (χ0) is 14.0. The zero-order valence-corrected chi connectivity index (χ0v) is 10.8. The molecule has 0 aromatic heterocycles. The average molecular weight is 264 g/mol. The molecule has 1 amide bonds. The zero-order valence-electron chi connectivity index (χ0n) is 10.8. The molecule has 0 fully saturated rings. The monoisotopic (exact) mass is 264 g/mol. The molecular weight excluding hydrogens is 248 g/mol. The normalized spacial score (nSPS) is 17.4. The summed E-state index contributed by atoms with van der Waals surface area (Å²) in [6.45, 7) is 1.99. The first-order valence-corrected chi connectivity index (χ1v) is 5.97. The van der Waals surface area contributed by atoms with Crippen LogP contribution in [-0.2, 0) is 9.59 Å². The van der Waals surface area contributed by atoms with E-state index in [9.17, 15) is 9.59 Å². The number of fused-ring (bicyclic) bond motifs is 1. The predicted molar refractivity (Wildman–Crippen MR) is 69.5 cm³/mol. The van der Waals surface area contributed by atoms with Gasteiger partial charge in [0.05, 0.1) is 12.2 Å². The summed E-state index contributed by atoms with van der Waals surface area (Å²) in [6.07, 6.45) is -0.695. The van der Waals surface area contributed by atoms with Crippen molar-refractivity contribution in [3.8, 4) is 5.75 Å². The Bertz CT molecular complexity index is 515. The molecule has 6 heteroatoms. The fraction of sp³-hybridized carbons (Fsp3) is 0.385. The summed E-state index contributed by atoms with van der Waals surface area (Å²) >= 11 is 0. The van der Waals surface area contributed by atoms with E-state index in [4.69, 9.17) is 9.84 Å². The molecule has 0 saturated heterocycles. The number of amides is 1. The Morgan fingerprint density at radius 3 is 2.89 bits per heavy atom. The quantitative estimate of drug-likeness (QED) is 0.826. The van der Waals surface area contributed by atoms with E-state index < -0.39 is 12.1 Å². The predicted octanol–water partition coefficient (Wildman–Crippen LogP) is 0.393. The van der Waals surface area contributed by atoms with Gasteiger partial charge in [-0.05, 0) is 24.6 Å². The Morgan fingerprint density at radius 1 is 1.53 bits per heavy atom. The maximum Gasteiger partial charge on any atom is 0.323 e. The number of carbonyl (C=O) groups is 2. The molecule has 0 spiro atoms. The lowest BCUT2D eigenvalue weighted by Gasteiger charge is -2.34. The number of carbonyl (C=O) groups excluding carboxylic acids is 1. The summed E-state index contributed by atoms with van der Waals surface area (Å²) in [5, 5.41) is 11.5. The lowest BCUT2D eigenvalue weighted by Crippen LogP contribution is -2.49. The number of aryl methyl sites for hydroxylation is 1. The van der Waals surface area contributed by atoms with Crippen molar-refractivity contribution in [1.29, 1.82) is 0 Å². The van der Waals surface area contributed by atoms with Gasteiger partial charge in [0.15, 0.2) is 6.10 Å². The third-order valence-electron chi connectivity index (χ3n) is 2.98. The standard InChI is InChI=1S/C13H16N2O4/c1-8-3-4-10-9(5-8)15(7-12(16)17)6-11(19-10)13(18)14-2/h3-5,11H,6-7H2,1-2H3,(H,14,18)(H,16,17). The Kier molecular flexibility index (Phi) is 3.59. The number of likely N-dealkylation sites (N-methyl/N-ethyl adjacent to an activating group) is 1. The maximum absolute atomic E-state index is 11.7. The molecule has 102 valence electrons. The highest BCUT2D eigenvalue weighted by atomic mass is 16.5. The van der Waals surface area contributed by atoms with E-state index in [-0.39, 0.29) is 19.0 Å². The van der Waals surface area contributed by atoms with Crippen LogP contribution in [0, 0.1) is 6.92 Å². The summed E-state index contributed by atoms with van der Waals surface area (Å²) in [6, 6.07) is 5.48. The van der Waals surface area contributed by atoms with Gasteiger partial charge < -0.3 is 20.1 Å². The molecular formula is C13H16N2O4. The number of nitrogens with one attached hydrogen (secondary N) is 1. The molecule has 19 heavy (non-hydrogen) atoms. The van der Waals surface area contributed by atoms with E-state index in [1.165, 1.54) is 7.05 Å². The lowest BCUT2D eigenvalue weighted by molar-refractivity contribution is -0.136. The first kappa shape index (κ1) is 13.2. The van der Waals surface area contributed by atoms with Crippen molar-refractivity contribution in [3.63, 3.8) is 0 Å². The van der Waals surface area contributed by atoms with E-state index in [0.29, 0.717) is 11.4 Å². The minimum atomic E-state index is -0.940. The first-order chi connectivity index (χ1) is 9.01. The number of ether oxygens (including phenoxy) is 1. The number of nitrogens with zero attached hydrogens (tertiary/aromatic N) is 1. The lowest BCUT2D eigenvalue weighted by atomic mass is 10.1. The highest BCUT2D eigenvalue weighted by Gasteiger charge is 2.31. The molecule has 1 atom stereocenters. The Morgan fingerprint density at radius 2 is 2.26 bits per heavy atom. The summed E-state index contributed by atoms with van der Waals surface area (Å²) in [7, 11) is 1.53. The van der Waals surface area contributed by atoms with E-state index >= 15 is 0 Å². The smallest absolute Gasteiger partial charge is 0.323 e. The third kappa shape index (κ3) is 2.78. The third-order valence-corrected chi connectivity index (χ3v) is 2.98. The average Bonchev–Trinajstić information content (AvgIpc) is 2.37. The summed E-state index contributed by atoms with van der Waals surface area (Å²) in [5.74, 6) is -0.668. The van der Waals surface area contributed by atoms with Crippen molar-refractivity contribution in [2.24, 2.45) is 0 Å². The molecule has 1 aromatic carbocycles. The Labute approximate surface area is 111 Å². The summed E-state index contributed by atoms with van der Waals surface area (Å²) < 4.78 is 5.60. The van der Waals surface area contributed by atoms with E-state index in [1.54, 1.807) is 11.0 Å². The molecule has 0 aliphatic carbocycles. The second-order valence-corrected chi connectivity index (χ2v) is 4.47. The van der Waals surface area contributed by atoms with E-state index in [2.05, 4.69) is 5.32 Å². The van der Waals surface area contributed by atoms with Gasteiger partial charge in [0, 0.05) is 7.05 Å². The van der Waals surface area contributed by atoms with Gasteiger partial charge in [0.25, 0.3) is 5.91 Å². The largest absolute Gasteiger partial charge is 0.480 e. The molecule has 1 aliphatic heterocycles. The van der Waals surface area contributed by atoms with Crippen LogP contribution in [-0.4, -0.2) is 43.2 Å². The Hall–Kier alpha value is -2.24. The summed E-state index contributed by atoms with van der Waals surface area (Å²) in [5.41, 5.74) is 1.72. The summed E-state index contributed by atoms with van der Waals surface area (Å²) in [4.78, 5) is 24.2. The van der Waals surface area contributed by atoms with Crippen LogP contribution in [0.4, 0.5) is 5.69 Å².